The zero-order valence-corrected chi connectivity index (χ0v) is 16.3. The number of nitrogens with zero attached hydrogens (tertiary/aromatic N) is 4. The Hall–Kier alpha value is -3.74. The predicted molar refractivity (Wildman–Crippen MR) is 99.2 cm³/mol. The second-order valence-corrected chi connectivity index (χ2v) is 6.81. The highest BCUT2D eigenvalue weighted by Gasteiger charge is 2.38. The van der Waals surface area contributed by atoms with Gasteiger partial charge < -0.3 is 24.0 Å². The van der Waals surface area contributed by atoms with E-state index >= 15 is 0 Å². The lowest BCUT2D eigenvalue weighted by atomic mass is 10.1. The van der Waals surface area contributed by atoms with Gasteiger partial charge >= 0.3 is 12.1 Å². The second kappa shape index (κ2) is 8.78. The average Bonchev–Trinajstić information content (AvgIpc) is 3.50. The first kappa shape index (κ1) is 21.5. The van der Waals surface area contributed by atoms with E-state index in [4.69, 9.17) is 9.26 Å². The number of amides is 2. The van der Waals surface area contributed by atoms with Gasteiger partial charge in [-0.3, -0.25) is 9.59 Å². The molecule has 0 spiro atoms. The van der Waals surface area contributed by atoms with E-state index in [-0.39, 0.29) is 41.8 Å². The van der Waals surface area contributed by atoms with Crippen molar-refractivity contribution in [1.29, 1.82) is 0 Å². The van der Waals surface area contributed by atoms with Gasteiger partial charge in [0.15, 0.2) is 0 Å². The lowest BCUT2D eigenvalue weighted by Crippen LogP contribution is -2.53. The van der Waals surface area contributed by atoms with Crippen molar-refractivity contribution >= 4 is 11.8 Å². The molecule has 1 saturated heterocycles. The maximum Gasteiger partial charge on any atom is 0.471 e. The van der Waals surface area contributed by atoms with Crippen molar-refractivity contribution in [2.24, 2.45) is 0 Å². The van der Waals surface area contributed by atoms with Gasteiger partial charge in [0.1, 0.15) is 0 Å². The van der Waals surface area contributed by atoms with Gasteiger partial charge in [0.2, 0.25) is 11.6 Å². The first-order valence-corrected chi connectivity index (χ1v) is 9.42. The number of nitrogens with one attached hydrogen (secondary N) is 1. The highest BCUT2D eigenvalue weighted by atomic mass is 19.4. The molecule has 1 fully saturated rings. The molecule has 1 N–H and O–H groups in total. The van der Waals surface area contributed by atoms with Crippen LogP contribution in [0.25, 0.3) is 11.4 Å². The molecular formula is C19H16F3N5O5. The number of hydrogen-bond donors (Lipinski definition) is 1. The number of alkyl halides is 3. The zero-order valence-electron chi connectivity index (χ0n) is 16.3. The van der Waals surface area contributed by atoms with Crippen LogP contribution in [0.1, 0.15) is 26.8 Å². The Morgan fingerprint density at radius 3 is 2.59 bits per heavy atom. The summed E-state index contributed by atoms with van der Waals surface area (Å²) >= 11 is 0. The van der Waals surface area contributed by atoms with Crippen molar-refractivity contribution in [3.8, 4) is 11.4 Å². The third kappa shape index (κ3) is 4.61. The Labute approximate surface area is 178 Å². The fraction of sp³-hybridized carbons (Fsp3) is 0.316. The maximum absolute atomic E-state index is 12.6. The molecule has 13 heteroatoms. The van der Waals surface area contributed by atoms with Gasteiger partial charge in [0, 0.05) is 30.3 Å². The standard InChI is InChI=1S/C19H16F3N5O5/c20-19(21,22)18-25-15(26-32-18)11-1-3-12(4-2-11)16(28)23-9-13-10-30-8-7-27(13)17(29)14-5-6-24-31-14/h1-6,13H,7-10H2,(H,23,28)/t13-/m0/s1. The zero-order chi connectivity index (χ0) is 22.7. The van der Waals surface area contributed by atoms with Crippen LogP contribution in [-0.4, -0.2) is 64.4 Å². The minimum atomic E-state index is -4.74. The highest BCUT2D eigenvalue weighted by Crippen LogP contribution is 2.29. The van der Waals surface area contributed by atoms with Gasteiger partial charge in [-0.1, -0.05) is 22.4 Å². The van der Waals surface area contributed by atoms with Crippen molar-refractivity contribution < 1.29 is 36.5 Å². The first-order chi connectivity index (χ1) is 15.3. The lowest BCUT2D eigenvalue weighted by Gasteiger charge is -2.35. The largest absolute Gasteiger partial charge is 0.471 e. The molecule has 0 saturated carbocycles. The molecule has 1 atom stereocenters. The summed E-state index contributed by atoms with van der Waals surface area (Å²) in [5.41, 5.74) is 0.517. The average molecular weight is 451 g/mol. The van der Waals surface area contributed by atoms with E-state index in [1.54, 1.807) is 4.90 Å². The smallest absolute Gasteiger partial charge is 0.377 e. The molecule has 10 nitrogen and oxygen atoms in total. The molecule has 1 aliphatic heterocycles. The van der Waals surface area contributed by atoms with Crippen LogP contribution in [0.4, 0.5) is 13.2 Å². The molecule has 4 rings (SSSR count). The van der Waals surface area contributed by atoms with Gasteiger partial charge in [-0.25, -0.2) is 0 Å². The molecule has 168 valence electrons. The minimum absolute atomic E-state index is 0.0916. The number of ether oxygens (including phenoxy) is 1. The topological polar surface area (TPSA) is 124 Å². The van der Waals surface area contributed by atoms with Crippen LogP contribution in [0, 0.1) is 0 Å². The van der Waals surface area contributed by atoms with Crippen molar-refractivity contribution in [3.63, 3.8) is 0 Å². The third-order valence-electron chi connectivity index (χ3n) is 4.71. The summed E-state index contributed by atoms with van der Waals surface area (Å²) in [5, 5.41) is 9.55. The van der Waals surface area contributed by atoms with Gasteiger partial charge in [0.05, 0.1) is 25.5 Å². The van der Waals surface area contributed by atoms with E-state index in [0.29, 0.717) is 13.2 Å². The normalized spacial score (nSPS) is 16.7. The van der Waals surface area contributed by atoms with Gasteiger partial charge in [-0.15, -0.1) is 0 Å². The summed E-state index contributed by atoms with van der Waals surface area (Å²) in [7, 11) is 0. The molecule has 0 bridgehead atoms. The summed E-state index contributed by atoms with van der Waals surface area (Å²) in [5.74, 6) is -2.39. The summed E-state index contributed by atoms with van der Waals surface area (Å²) in [6, 6.07) is 6.69. The van der Waals surface area contributed by atoms with Crippen LogP contribution < -0.4 is 5.32 Å². The van der Waals surface area contributed by atoms with E-state index in [1.807, 2.05) is 0 Å². The van der Waals surface area contributed by atoms with E-state index < -0.39 is 24.0 Å². The SMILES string of the molecule is O=C(NC[C@H]1COCCN1C(=O)c1ccno1)c1ccc(-c2noc(C(F)(F)F)n2)cc1. The molecule has 32 heavy (non-hydrogen) atoms. The fourth-order valence-electron chi connectivity index (χ4n) is 3.10. The van der Waals surface area contributed by atoms with Crippen LogP contribution in [-0.2, 0) is 10.9 Å². The molecule has 0 unspecified atom stereocenters. The molecule has 3 aromatic rings. The fourth-order valence-corrected chi connectivity index (χ4v) is 3.10. The number of hydrogen-bond acceptors (Lipinski definition) is 8. The molecule has 0 aliphatic carbocycles. The molecular weight excluding hydrogens is 435 g/mol. The molecule has 3 heterocycles. The number of carbonyl (C=O) groups is 2. The molecule has 0 radical (unpaired) electrons. The molecule has 1 aliphatic rings. The predicted octanol–water partition coefficient (Wildman–Crippen LogP) is 2.01. The number of aromatic nitrogens is 3. The van der Waals surface area contributed by atoms with E-state index in [0.717, 1.165) is 0 Å². The summed E-state index contributed by atoms with van der Waals surface area (Å²) < 4.78 is 52.3. The van der Waals surface area contributed by atoms with Crippen molar-refractivity contribution in [2.45, 2.75) is 12.2 Å². The number of rotatable bonds is 5. The quantitative estimate of drug-likeness (QED) is 0.625. The Morgan fingerprint density at radius 2 is 1.94 bits per heavy atom. The monoisotopic (exact) mass is 451 g/mol. The number of morpholine rings is 1. The van der Waals surface area contributed by atoms with E-state index in [1.165, 1.54) is 36.5 Å². The number of halogens is 3. The Morgan fingerprint density at radius 1 is 1.16 bits per heavy atom. The van der Waals surface area contributed by atoms with Crippen LogP contribution in [0.3, 0.4) is 0 Å². The van der Waals surface area contributed by atoms with Gasteiger partial charge in [0.25, 0.3) is 11.8 Å². The Bertz CT molecular complexity index is 1080. The Kier molecular flexibility index (Phi) is 5.90. The number of carbonyl (C=O) groups excluding carboxylic acids is 2. The lowest BCUT2D eigenvalue weighted by molar-refractivity contribution is -0.159. The van der Waals surface area contributed by atoms with E-state index in [2.05, 4.69) is 25.1 Å². The van der Waals surface area contributed by atoms with Crippen LogP contribution in [0.2, 0.25) is 0 Å². The first-order valence-electron chi connectivity index (χ1n) is 9.42. The van der Waals surface area contributed by atoms with E-state index in [9.17, 15) is 22.8 Å². The van der Waals surface area contributed by atoms with Gasteiger partial charge in [-0.2, -0.15) is 18.2 Å². The summed E-state index contributed by atoms with van der Waals surface area (Å²) in [6.45, 7) is 1.05. The van der Waals surface area contributed by atoms with Gasteiger partial charge in [-0.05, 0) is 12.1 Å². The third-order valence-corrected chi connectivity index (χ3v) is 4.71. The summed E-state index contributed by atoms with van der Waals surface area (Å²) in [6.07, 6.45) is -3.37. The maximum atomic E-state index is 12.6. The van der Waals surface area contributed by atoms with Crippen LogP contribution in [0.5, 0.6) is 0 Å². The highest BCUT2D eigenvalue weighted by molar-refractivity contribution is 5.95. The van der Waals surface area contributed by atoms with Crippen molar-refractivity contribution in [1.82, 2.24) is 25.5 Å². The summed E-state index contributed by atoms with van der Waals surface area (Å²) in [4.78, 5) is 29.9. The van der Waals surface area contributed by atoms with Crippen LogP contribution >= 0.6 is 0 Å². The van der Waals surface area contributed by atoms with Crippen molar-refractivity contribution in [2.75, 3.05) is 26.3 Å². The molecule has 1 aromatic carbocycles. The van der Waals surface area contributed by atoms with Crippen LogP contribution in [0.15, 0.2) is 45.6 Å². The number of benzene rings is 1. The molecule has 2 aromatic heterocycles. The molecule has 2 amide bonds. The minimum Gasteiger partial charge on any atom is -0.377 e. The van der Waals surface area contributed by atoms with Crippen molar-refractivity contribution in [3.05, 3.63) is 53.7 Å². The second-order valence-electron chi connectivity index (χ2n) is 6.81. The Balaban J connectivity index is 1.38.